The van der Waals surface area contributed by atoms with Gasteiger partial charge in [-0.1, -0.05) is 37.6 Å². The number of halogens is 1. The first kappa shape index (κ1) is 15.8. The van der Waals surface area contributed by atoms with Gasteiger partial charge in [0.15, 0.2) is 0 Å². The summed E-state index contributed by atoms with van der Waals surface area (Å²) in [6.45, 7) is 8.67. The zero-order valence-electron chi connectivity index (χ0n) is 13.1. The van der Waals surface area contributed by atoms with Crippen molar-refractivity contribution in [3.8, 4) is 0 Å². The Morgan fingerprint density at radius 1 is 1.32 bits per heavy atom. The molecule has 0 amide bonds. The number of hydrogen-bond acceptors (Lipinski definition) is 4. The third kappa shape index (κ3) is 3.29. The van der Waals surface area contributed by atoms with Crippen LogP contribution in [0.5, 0.6) is 0 Å². The summed E-state index contributed by atoms with van der Waals surface area (Å²) in [5, 5.41) is 6.85. The van der Waals surface area contributed by atoms with Crippen LogP contribution in [0.3, 0.4) is 0 Å². The minimum Gasteiger partial charge on any atom is -0.302 e. The summed E-state index contributed by atoms with van der Waals surface area (Å²) >= 11 is 7.73. The average molecular weight is 336 g/mol. The highest BCUT2D eigenvalue weighted by molar-refractivity contribution is 7.17. The van der Waals surface area contributed by atoms with Gasteiger partial charge in [0.05, 0.1) is 16.6 Å². The van der Waals surface area contributed by atoms with Crippen molar-refractivity contribution in [1.29, 1.82) is 0 Å². The molecule has 0 saturated heterocycles. The van der Waals surface area contributed by atoms with Crippen LogP contribution in [0, 0.1) is 0 Å². The number of nitrogens with zero attached hydrogens (tertiary/aromatic N) is 3. The van der Waals surface area contributed by atoms with E-state index in [1.165, 1.54) is 16.0 Å². The molecule has 0 aromatic carbocycles. The van der Waals surface area contributed by atoms with Gasteiger partial charge in [0.25, 0.3) is 0 Å². The highest BCUT2D eigenvalue weighted by Gasteiger charge is 2.29. The van der Waals surface area contributed by atoms with Gasteiger partial charge in [0.2, 0.25) is 0 Å². The molecular weight excluding hydrogens is 314 g/mol. The maximum absolute atomic E-state index is 6.07. The van der Waals surface area contributed by atoms with Crippen LogP contribution in [0.1, 0.15) is 25.1 Å². The molecule has 22 heavy (non-hydrogen) atoms. The normalized spacial score (nSPS) is 20.4. The lowest BCUT2D eigenvalue weighted by molar-refractivity contribution is 0.201. The van der Waals surface area contributed by atoms with E-state index in [1.54, 1.807) is 11.3 Å². The Bertz CT molecular complexity index is 613. The third-order valence-electron chi connectivity index (χ3n) is 4.42. The van der Waals surface area contributed by atoms with E-state index in [-0.39, 0.29) is 0 Å². The standard InChI is InChI=1S/C17H22ClN3S/c1-3-20(4-2)9-10-21-15-11-13(5-6-14(15)12-19-21)16-7-8-17(18)22-16/h5-8,12,15H,3-4,9-11H2,1-2H3. The number of allylic oxidation sites excluding steroid dienone is 2. The summed E-state index contributed by atoms with van der Waals surface area (Å²) in [5.41, 5.74) is 2.69. The Labute approximate surface area is 141 Å². The molecule has 3 rings (SSSR count). The fraction of sp³-hybridized carbons (Fsp3) is 0.471. The van der Waals surface area contributed by atoms with E-state index < -0.39 is 0 Å². The molecule has 0 bridgehead atoms. The predicted molar refractivity (Wildman–Crippen MR) is 96.8 cm³/mol. The van der Waals surface area contributed by atoms with Crippen LogP contribution >= 0.6 is 22.9 Å². The molecule has 1 unspecified atom stereocenters. The molecule has 2 aliphatic rings. The van der Waals surface area contributed by atoms with Crippen molar-refractivity contribution in [3.63, 3.8) is 0 Å². The van der Waals surface area contributed by atoms with Crippen molar-refractivity contribution in [1.82, 2.24) is 9.91 Å². The number of rotatable bonds is 6. The quantitative estimate of drug-likeness (QED) is 0.778. The number of hydrazone groups is 1. The molecule has 0 fully saturated rings. The minimum atomic E-state index is 0.386. The van der Waals surface area contributed by atoms with Gasteiger partial charge >= 0.3 is 0 Å². The first-order valence-electron chi connectivity index (χ1n) is 7.90. The van der Waals surface area contributed by atoms with E-state index in [0.29, 0.717) is 6.04 Å². The lowest BCUT2D eigenvalue weighted by Gasteiger charge is -2.29. The smallest absolute Gasteiger partial charge is 0.0934 e. The maximum atomic E-state index is 6.07. The molecule has 1 aromatic heterocycles. The van der Waals surface area contributed by atoms with Crippen molar-refractivity contribution in [2.75, 3.05) is 26.2 Å². The molecule has 0 N–H and O–H groups in total. The van der Waals surface area contributed by atoms with Crippen LogP contribution in [-0.2, 0) is 0 Å². The lowest BCUT2D eigenvalue weighted by atomic mass is 9.93. The van der Waals surface area contributed by atoms with Crippen LogP contribution < -0.4 is 0 Å². The van der Waals surface area contributed by atoms with Crippen LogP contribution in [0.15, 0.2) is 35.0 Å². The van der Waals surface area contributed by atoms with Crippen molar-refractivity contribution in [3.05, 3.63) is 39.1 Å². The molecule has 1 aliphatic carbocycles. The van der Waals surface area contributed by atoms with Crippen molar-refractivity contribution in [2.24, 2.45) is 5.10 Å². The molecular formula is C17H22ClN3S. The fourth-order valence-electron chi connectivity index (χ4n) is 3.00. The van der Waals surface area contributed by atoms with Gasteiger partial charge in [-0.15, -0.1) is 11.3 Å². The van der Waals surface area contributed by atoms with Crippen LogP contribution in [0.4, 0.5) is 0 Å². The molecule has 1 aliphatic heterocycles. The molecule has 1 atom stereocenters. The van der Waals surface area contributed by atoms with E-state index in [0.717, 1.165) is 36.9 Å². The first-order chi connectivity index (χ1) is 10.7. The van der Waals surface area contributed by atoms with Crippen LogP contribution in [0.2, 0.25) is 4.34 Å². The van der Waals surface area contributed by atoms with Crippen molar-refractivity contribution in [2.45, 2.75) is 26.3 Å². The Morgan fingerprint density at radius 3 is 2.82 bits per heavy atom. The molecule has 0 spiro atoms. The summed E-state index contributed by atoms with van der Waals surface area (Å²) in [7, 11) is 0. The SMILES string of the molecule is CCN(CC)CCN1N=CC2=CC=C(c3ccc(Cl)s3)CC21. The highest BCUT2D eigenvalue weighted by atomic mass is 35.5. The number of thiophene rings is 1. The maximum Gasteiger partial charge on any atom is 0.0934 e. The van der Waals surface area contributed by atoms with Gasteiger partial charge in [-0.05, 0) is 36.4 Å². The summed E-state index contributed by atoms with van der Waals surface area (Å²) in [6, 6.07) is 4.48. The topological polar surface area (TPSA) is 18.8 Å². The van der Waals surface area contributed by atoms with Gasteiger partial charge in [-0.25, -0.2) is 0 Å². The van der Waals surface area contributed by atoms with Gasteiger partial charge in [0.1, 0.15) is 0 Å². The van der Waals surface area contributed by atoms with Gasteiger partial charge < -0.3 is 4.90 Å². The summed E-state index contributed by atoms with van der Waals surface area (Å²) < 4.78 is 0.853. The monoisotopic (exact) mass is 335 g/mol. The van der Waals surface area contributed by atoms with E-state index in [2.05, 4.69) is 47.1 Å². The van der Waals surface area contributed by atoms with Crippen LogP contribution in [0.25, 0.3) is 5.57 Å². The first-order valence-corrected chi connectivity index (χ1v) is 9.10. The Hall–Kier alpha value is -1.10. The minimum absolute atomic E-state index is 0.386. The summed E-state index contributed by atoms with van der Waals surface area (Å²) in [5.74, 6) is 0. The fourth-order valence-corrected chi connectivity index (χ4v) is 4.07. The van der Waals surface area contributed by atoms with Crippen molar-refractivity contribution < 1.29 is 0 Å². The molecule has 0 radical (unpaired) electrons. The molecule has 3 nitrogen and oxygen atoms in total. The second-order valence-electron chi connectivity index (χ2n) is 5.62. The third-order valence-corrected chi connectivity index (χ3v) is 5.73. The Kier molecular flexibility index (Phi) is 5.01. The van der Waals surface area contributed by atoms with Gasteiger partial charge in [-0.2, -0.15) is 5.10 Å². The molecule has 5 heteroatoms. The number of fused-ring (bicyclic) bond motifs is 1. The lowest BCUT2D eigenvalue weighted by Crippen LogP contribution is -2.37. The molecule has 118 valence electrons. The molecule has 1 aromatic rings. The van der Waals surface area contributed by atoms with E-state index in [1.807, 2.05) is 12.3 Å². The second kappa shape index (κ2) is 6.99. The second-order valence-corrected chi connectivity index (χ2v) is 7.33. The molecule has 0 saturated carbocycles. The largest absolute Gasteiger partial charge is 0.302 e. The number of likely N-dealkylation sites (N-methyl/N-ethyl adjacent to an activating group) is 1. The zero-order valence-corrected chi connectivity index (χ0v) is 14.7. The Morgan fingerprint density at radius 2 is 2.14 bits per heavy atom. The number of hydrogen-bond donors (Lipinski definition) is 0. The zero-order chi connectivity index (χ0) is 15.5. The van der Waals surface area contributed by atoms with E-state index in [9.17, 15) is 0 Å². The Balaban J connectivity index is 1.67. The van der Waals surface area contributed by atoms with E-state index >= 15 is 0 Å². The van der Waals surface area contributed by atoms with Gasteiger partial charge in [-0.3, -0.25) is 5.01 Å². The summed E-state index contributed by atoms with van der Waals surface area (Å²) in [4.78, 5) is 3.71. The van der Waals surface area contributed by atoms with Crippen molar-refractivity contribution >= 4 is 34.7 Å². The highest BCUT2D eigenvalue weighted by Crippen LogP contribution is 2.36. The average Bonchev–Trinajstić information content (AvgIpc) is 3.14. The predicted octanol–water partition coefficient (Wildman–Crippen LogP) is 4.13. The molecule has 2 heterocycles. The van der Waals surface area contributed by atoms with E-state index in [4.69, 9.17) is 11.6 Å². The van der Waals surface area contributed by atoms with Crippen LogP contribution in [-0.4, -0.2) is 48.3 Å². The summed E-state index contributed by atoms with van der Waals surface area (Å²) in [6.07, 6.45) is 7.45. The van der Waals surface area contributed by atoms with Gasteiger partial charge in [0, 0.05) is 24.4 Å².